The normalized spacial score (nSPS) is 20.9. The van der Waals surface area contributed by atoms with Gasteiger partial charge in [-0.1, -0.05) is 50.8 Å². The van der Waals surface area contributed by atoms with Crippen LogP contribution in [0.3, 0.4) is 0 Å². The quantitative estimate of drug-likeness (QED) is 0.272. The maximum Gasteiger partial charge on any atom is 0.335 e. The van der Waals surface area contributed by atoms with E-state index in [4.69, 9.17) is 4.74 Å². The third-order valence-corrected chi connectivity index (χ3v) is 10.2. The molecule has 0 bridgehead atoms. The van der Waals surface area contributed by atoms with Crippen molar-refractivity contribution in [3.8, 4) is 5.75 Å². The van der Waals surface area contributed by atoms with Crippen molar-refractivity contribution in [1.29, 1.82) is 0 Å². The van der Waals surface area contributed by atoms with Crippen molar-refractivity contribution in [3.63, 3.8) is 0 Å². The summed E-state index contributed by atoms with van der Waals surface area (Å²) in [6, 6.07) is 11.1. The van der Waals surface area contributed by atoms with Crippen molar-refractivity contribution in [2.45, 2.75) is 95.5 Å². The molecule has 0 unspecified atom stereocenters. The fourth-order valence-electron chi connectivity index (χ4n) is 7.36. The molecule has 3 aliphatic rings. The van der Waals surface area contributed by atoms with Crippen molar-refractivity contribution >= 4 is 23.7 Å². The van der Waals surface area contributed by atoms with Gasteiger partial charge >= 0.3 is 5.97 Å². The Bertz CT molecular complexity index is 1430. The van der Waals surface area contributed by atoms with Gasteiger partial charge < -0.3 is 30.5 Å². The fraction of sp³-hybridized carbons (Fsp3) is 0.556. The molecule has 3 fully saturated rings. The monoisotopic (exact) mass is 648 g/mol. The van der Waals surface area contributed by atoms with Gasteiger partial charge in [0.15, 0.2) is 0 Å². The van der Waals surface area contributed by atoms with Gasteiger partial charge in [-0.3, -0.25) is 19.3 Å². The highest BCUT2D eigenvalue weighted by molar-refractivity contribution is 6.00. The number of unbranched alkanes of at least 4 members (excludes halogenated alkanes) is 1. The molecule has 1 saturated carbocycles. The number of piperidine rings is 1. The molecule has 0 radical (unpaired) electrons. The lowest BCUT2D eigenvalue weighted by molar-refractivity contribution is -0.166. The molecule has 254 valence electrons. The fourth-order valence-corrected chi connectivity index (χ4v) is 7.36. The number of hydrogen-bond donors (Lipinski definition) is 4. The summed E-state index contributed by atoms with van der Waals surface area (Å²) in [5, 5.41) is 26.2. The van der Waals surface area contributed by atoms with Gasteiger partial charge in [-0.05, 0) is 67.9 Å². The van der Waals surface area contributed by atoms with Gasteiger partial charge in [-0.15, -0.1) is 0 Å². The molecule has 2 saturated heterocycles. The van der Waals surface area contributed by atoms with E-state index < -0.39 is 23.7 Å². The van der Waals surface area contributed by atoms with Crippen molar-refractivity contribution in [1.82, 2.24) is 20.4 Å². The summed E-state index contributed by atoms with van der Waals surface area (Å²) in [5.74, 6) is -1.16. The number of amides is 3. The van der Waals surface area contributed by atoms with Crippen molar-refractivity contribution in [2.75, 3.05) is 26.7 Å². The number of piperazine rings is 1. The number of rotatable bonds is 12. The summed E-state index contributed by atoms with van der Waals surface area (Å²) in [4.78, 5) is 55.8. The molecule has 1 spiro atoms. The SMILES string of the molecule is CCCCN1C(=O)[C@@H]([C@H](O)C2CCCCC2)NC(=O)C12CCN(Cc1ccc(C(=O)NCc3ccc(C(=O)O)cc3OC)cc1)CC2. The highest BCUT2D eigenvalue weighted by Gasteiger charge is 2.55. The average molecular weight is 649 g/mol. The molecule has 2 heterocycles. The zero-order valence-electron chi connectivity index (χ0n) is 27.5. The van der Waals surface area contributed by atoms with E-state index in [0.29, 0.717) is 55.9 Å². The second-order valence-corrected chi connectivity index (χ2v) is 13.2. The van der Waals surface area contributed by atoms with Gasteiger partial charge in [0.25, 0.3) is 5.91 Å². The topological polar surface area (TPSA) is 149 Å². The smallest absolute Gasteiger partial charge is 0.335 e. The van der Waals surface area contributed by atoms with Crippen LogP contribution in [0.15, 0.2) is 42.5 Å². The molecule has 0 aromatic heterocycles. The molecular weight excluding hydrogens is 600 g/mol. The Hall–Kier alpha value is -3.96. The first-order valence-electron chi connectivity index (χ1n) is 17.0. The third kappa shape index (κ3) is 7.62. The van der Waals surface area contributed by atoms with Crippen molar-refractivity contribution in [2.24, 2.45) is 5.92 Å². The van der Waals surface area contributed by atoms with Gasteiger partial charge in [0.1, 0.15) is 17.3 Å². The molecule has 47 heavy (non-hydrogen) atoms. The van der Waals surface area contributed by atoms with E-state index in [2.05, 4.69) is 22.5 Å². The predicted molar refractivity (Wildman–Crippen MR) is 176 cm³/mol. The number of carbonyl (C=O) groups excluding carboxylic acids is 3. The van der Waals surface area contributed by atoms with E-state index >= 15 is 0 Å². The Kier molecular flexibility index (Phi) is 11.2. The predicted octanol–water partition coefficient (Wildman–Crippen LogP) is 3.73. The Morgan fingerprint density at radius 3 is 2.36 bits per heavy atom. The standard InChI is InChI=1S/C36H48N4O7/c1-3-4-18-40-33(43)30(31(41)25-8-6-5-7-9-25)38-35(46)36(40)16-19-39(20-17-36)23-24-10-12-26(13-11-24)32(42)37-22-28-15-14-27(34(44)45)21-29(28)47-2/h10-15,21,25,30-31,41H,3-9,16-20,22-23H2,1-2H3,(H,37,42)(H,38,46)(H,44,45)/t30-,31-/m1/s1. The molecule has 5 rings (SSSR count). The lowest BCUT2D eigenvalue weighted by atomic mass is 9.78. The summed E-state index contributed by atoms with van der Waals surface area (Å²) < 4.78 is 5.30. The maximum atomic E-state index is 13.9. The first kappa shape index (κ1) is 34.4. The third-order valence-electron chi connectivity index (χ3n) is 10.2. The number of nitrogens with one attached hydrogen (secondary N) is 2. The van der Waals surface area contributed by atoms with Gasteiger partial charge in [0.05, 0.1) is 18.8 Å². The summed E-state index contributed by atoms with van der Waals surface area (Å²) in [6.07, 6.45) is 6.94. The number of aliphatic hydroxyl groups excluding tert-OH is 1. The van der Waals surface area contributed by atoms with Crippen molar-refractivity contribution in [3.05, 3.63) is 64.7 Å². The van der Waals surface area contributed by atoms with Crippen LogP contribution in [0.2, 0.25) is 0 Å². The van der Waals surface area contributed by atoms with Crippen LogP contribution in [0.5, 0.6) is 5.75 Å². The zero-order chi connectivity index (χ0) is 33.6. The van der Waals surface area contributed by atoms with Crippen LogP contribution in [0.4, 0.5) is 0 Å². The van der Waals surface area contributed by atoms with Crippen LogP contribution in [0.1, 0.15) is 96.6 Å². The van der Waals surface area contributed by atoms with E-state index in [1.807, 2.05) is 12.1 Å². The summed E-state index contributed by atoms with van der Waals surface area (Å²) in [6.45, 7) is 4.71. The van der Waals surface area contributed by atoms with Gasteiger partial charge in [-0.25, -0.2) is 4.79 Å². The van der Waals surface area contributed by atoms with Gasteiger partial charge in [-0.2, -0.15) is 0 Å². The number of benzene rings is 2. The highest BCUT2D eigenvalue weighted by Crippen LogP contribution is 2.36. The second kappa shape index (κ2) is 15.3. The molecule has 11 heteroatoms. The van der Waals surface area contributed by atoms with Crippen molar-refractivity contribution < 1.29 is 34.1 Å². The Morgan fingerprint density at radius 2 is 1.72 bits per heavy atom. The maximum absolute atomic E-state index is 13.9. The molecule has 3 amide bonds. The first-order valence-corrected chi connectivity index (χ1v) is 17.0. The van der Waals surface area contributed by atoms with Gasteiger partial charge in [0, 0.05) is 43.9 Å². The van der Waals surface area contributed by atoms with Crippen LogP contribution in [0.25, 0.3) is 0 Å². The minimum absolute atomic E-state index is 0.0424. The van der Waals surface area contributed by atoms with E-state index in [9.17, 15) is 29.4 Å². The second-order valence-electron chi connectivity index (χ2n) is 13.2. The minimum atomic E-state index is -1.05. The number of carboxylic acid groups (broad SMARTS) is 1. The number of nitrogens with zero attached hydrogens (tertiary/aromatic N) is 2. The number of carbonyl (C=O) groups is 4. The van der Waals surface area contributed by atoms with Crippen LogP contribution in [-0.4, -0.2) is 88.1 Å². The Labute approximate surface area is 276 Å². The lowest BCUT2D eigenvalue weighted by Crippen LogP contribution is -2.75. The number of likely N-dealkylation sites (tertiary alicyclic amines) is 1. The summed E-state index contributed by atoms with van der Waals surface area (Å²) in [5.41, 5.74) is 1.42. The molecular formula is C36H48N4O7. The molecule has 2 aromatic rings. The van der Waals surface area contributed by atoms with Crippen LogP contribution in [0, 0.1) is 5.92 Å². The minimum Gasteiger partial charge on any atom is -0.496 e. The van der Waals surface area contributed by atoms with Gasteiger partial charge in [0.2, 0.25) is 11.8 Å². The molecule has 2 aromatic carbocycles. The lowest BCUT2D eigenvalue weighted by Gasteiger charge is -2.52. The average Bonchev–Trinajstić information content (AvgIpc) is 3.10. The zero-order valence-corrected chi connectivity index (χ0v) is 27.5. The van der Waals surface area contributed by atoms with E-state index in [1.165, 1.54) is 19.2 Å². The number of aromatic carboxylic acids is 1. The molecule has 2 atom stereocenters. The van der Waals surface area contributed by atoms with E-state index in [-0.39, 0.29) is 35.7 Å². The summed E-state index contributed by atoms with van der Waals surface area (Å²) in [7, 11) is 1.46. The Morgan fingerprint density at radius 1 is 1.04 bits per heavy atom. The summed E-state index contributed by atoms with van der Waals surface area (Å²) >= 11 is 0. The number of hydrogen-bond acceptors (Lipinski definition) is 7. The highest BCUT2D eigenvalue weighted by atomic mass is 16.5. The first-order chi connectivity index (χ1) is 22.7. The molecule has 1 aliphatic carbocycles. The van der Waals surface area contributed by atoms with E-state index in [1.54, 1.807) is 23.1 Å². The van der Waals surface area contributed by atoms with E-state index in [0.717, 1.165) is 50.5 Å². The molecule has 4 N–H and O–H groups in total. The largest absolute Gasteiger partial charge is 0.496 e. The number of methoxy groups -OCH3 is 1. The number of carboxylic acids is 1. The molecule has 2 aliphatic heterocycles. The van der Waals surface area contributed by atoms with Crippen LogP contribution in [-0.2, 0) is 22.7 Å². The number of ether oxygens (including phenoxy) is 1. The number of aliphatic hydroxyl groups is 1. The van der Waals surface area contributed by atoms with Crippen LogP contribution >= 0.6 is 0 Å². The van der Waals surface area contributed by atoms with Crippen LogP contribution < -0.4 is 15.4 Å². The Balaban J connectivity index is 1.17. The molecule has 11 nitrogen and oxygen atoms in total.